The molecule has 1 unspecified atom stereocenters. The molecule has 1 heterocycles. The second-order valence-corrected chi connectivity index (χ2v) is 6.34. The van der Waals surface area contributed by atoms with Gasteiger partial charge in [-0.05, 0) is 27.7 Å². The second-order valence-electron chi connectivity index (χ2n) is 6.34. The lowest BCUT2D eigenvalue weighted by Gasteiger charge is -2.21. The third kappa shape index (κ3) is 3.36. The van der Waals surface area contributed by atoms with Gasteiger partial charge in [0.15, 0.2) is 0 Å². The number of benzene rings is 1. The van der Waals surface area contributed by atoms with Crippen molar-refractivity contribution in [3.8, 4) is 0 Å². The fraction of sp³-hybridized carbons (Fsp3) is 0.471. The quantitative estimate of drug-likeness (QED) is 0.369. The van der Waals surface area contributed by atoms with Gasteiger partial charge in [-0.25, -0.2) is 9.59 Å². The number of hydrogen-bond donors (Lipinski definition) is 0. The summed E-state index contributed by atoms with van der Waals surface area (Å²) in [4.78, 5) is 38.4. The lowest BCUT2D eigenvalue weighted by molar-refractivity contribution is -0.145. The van der Waals surface area contributed by atoms with Crippen molar-refractivity contribution in [1.29, 1.82) is 0 Å². The molecule has 1 atom stereocenters. The number of carbonyl (C=O) groups excluding carboxylic acids is 3. The zero-order chi connectivity index (χ0) is 17.3. The Balaban J connectivity index is 2.29. The number of rotatable bonds is 4. The van der Waals surface area contributed by atoms with E-state index in [1.54, 1.807) is 58.0 Å². The van der Waals surface area contributed by atoms with Crippen LogP contribution in [0.4, 0.5) is 4.79 Å². The molecule has 1 saturated heterocycles. The van der Waals surface area contributed by atoms with Crippen molar-refractivity contribution in [2.24, 2.45) is 0 Å². The van der Waals surface area contributed by atoms with Gasteiger partial charge in [0.25, 0.3) is 0 Å². The molecule has 1 amide bonds. The number of amides is 1. The molecule has 23 heavy (non-hydrogen) atoms. The molecule has 0 bridgehead atoms. The van der Waals surface area contributed by atoms with Gasteiger partial charge in [-0.15, -0.1) is 0 Å². The zero-order valence-corrected chi connectivity index (χ0v) is 13.8. The average molecular weight is 319 g/mol. The summed E-state index contributed by atoms with van der Waals surface area (Å²) >= 11 is 0. The first kappa shape index (κ1) is 17.0. The first-order valence-electron chi connectivity index (χ1n) is 7.50. The van der Waals surface area contributed by atoms with E-state index in [2.05, 4.69) is 0 Å². The summed E-state index contributed by atoms with van der Waals surface area (Å²) in [6, 6.07) is 8.38. The van der Waals surface area contributed by atoms with Gasteiger partial charge in [0.05, 0.1) is 13.2 Å². The normalized spacial score (nSPS) is 19.9. The maximum atomic E-state index is 12.8. The molecule has 0 radical (unpaired) electrons. The average Bonchev–Trinajstić information content (AvgIpc) is 3.23. The summed E-state index contributed by atoms with van der Waals surface area (Å²) in [7, 11) is 0. The number of ketones is 1. The van der Waals surface area contributed by atoms with E-state index in [-0.39, 0.29) is 13.2 Å². The molecule has 1 aliphatic heterocycles. The van der Waals surface area contributed by atoms with Gasteiger partial charge < -0.3 is 9.47 Å². The second kappa shape index (κ2) is 6.02. The van der Waals surface area contributed by atoms with Crippen LogP contribution in [0.2, 0.25) is 0 Å². The molecule has 0 aliphatic carbocycles. The number of Topliss-reactive ketones (excluding diaryl/α,β-unsaturated/α-hetero) is 1. The molecule has 6 nitrogen and oxygen atoms in total. The third-order valence-corrected chi connectivity index (χ3v) is 3.38. The van der Waals surface area contributed by atoms with Crippen molar-refractivity contribution in [3.63, 3.8) is 0 Å². The van der Waals surface area contributed by atoms with E-state index in [1.165, 1.54) is 0 Å². The molecule has 1 aromatic carbocycles. The number of ether oxygens (including phenoxy) is 2. The first-order valence-corrected chi connectivity index (χ1v) is 7.50. The van der Waals surface area contributed by atoms with Crippen LogP contribution in [0.15, 0.2) is 30.3 Å². The van der Waals surface area contributed by atoms with Crippen LogP contribution in [0.25, 0.3) is 0 Å². The summed E-state index contributed by atoms with van der Waals surface area (Å²) in [5.41, 5.74) is -1.97. The van der Waals surface area contributed by atoms with Gasteiger partial charge in [-0.1, -0.05) is 30.3 Å². The molecule has 0 aromatic heterocycles. The predicted octanol–water partition coefficient (Wildman–Crippen LogP) is 2.42. The fourth-order valence-electron chi connectivity index (χ4n) is 2.27. The molecule has 6 heteroatoms. The minimum Gasteiger partial charge on any atom is -0.464 e. The van der Waals surface area contributed by atoms with Crippen LogP contribution in [0.3, 0.4) is 0 Å². The van der Waals surface area contributed by atoms with Crippen molar-refractivity contribution >= 4 is 17.8 Å². The van der Waals surface area contributed by atoms with Gasteiger partial charge >= 0.3 is 12.1 Å². The van der Waals surface area contributed by atoms with Gasteiger partial charge in [0.1, 0.15) is 5.60 Å². The van der Waals surface area contributed by atoms with Crippen molar-refractivity contribution in [2.75, 3.05) is 13.2 Å². The monoisotopic (exact) mass is 319 g/mol. The van der Waals surface area contributed by atoms with E-state index >= 15 is 0 Å². The Hall–Kier alpha value is -2.37. The molecule has 1 aliphatic rings. The van der Waals surface area contributed by atoms with Crippen LogP contribution >= 0.6 is 0 Å². The Labute approximate surface area is 135 Å². The largest absolute Gasteiger partial charge is 0.464 e. The van der Waals surface area contributed by atoms with E-state index in [4.69, 9.17) is 9.47 Å². The van der Waals surface area contributed by atoms with Crippen molar-refractivity contribution in [1.82, 2.24) is 4.90 Å². The molecular formula is C17H21NO5. The highest BCUT2D eigenvalue weighted by molar-refractivity contribution is 6.21. The molecule has 0 spiro atoms. The van der Waals surface area contributed by atoms with E-state index in [9.17, 15) is 14.4 Å². The number of esters is 1. The topological polar surface area (TPSA) is 72.7 Å². The van der Waals surface area contributed by atoms with Crippen LogP contribution < -0.4 is 0 Å². The maximum absolute atomic E-state index is 12.8. The van der Waals surface area contributed by atoms with E-state index in [0.717, 1.165) is 4.90 Å². The summed E-state index contributed by atoms with van der Waals surface area (Å²) in [6.45, 7) is 6.91. The summed E-state index contributed by atoms with van der Waals surface area (Å²) in [5.74, 6) is -1.18. The summed E-state index contributed by atoms with van der Waals surface area (Å²) < 4.78 is 10.3. The Morgan fingerprint density at radius 1 is 1.17 bits per heavy atom. The van der Waals surface area contributed by atoms with Gasteiger partial charge in [-0.3, -0.25) is 9.69 Å². The Bertz CT molecular complexity index is 620. The lowest BCUT2D eigenvalue weighted by atomic mass is 9.97. The molecule has 0 N–H and O–H groups in total. The molecule has 2 rings (SSSR count). The third-order valence-electron chi connectivity index (χ3n) is 3.38. The standard InChI is InChI=1S/C17H21NO5/c1-5-22-14(20)17(13(19)12-9-7-6-8-10-12)11-18(17)15(21)23-16(2,3)4/h6-10H,5,11H2,1-4H3. The lowest BCUT2D eigenvalue weighted by Crippen LogP contribution is -2.42. The predicted molar refractivity (Wildman–Crippen MR) is 83.1 cm³/mol. The summed E-state index contributed by atoms with van der Waals surface area (Å²) in [5, 5.41) is 0. The maximum Gasteiger partial charge on any atom is 0.411 e. The van der Waals surface area contributed by atoms with Gasteiger partial charge in [0.2, 0.25) is 11.3 Å². The number of hydrogen-bond acceptors (Lipinski definition) is 5. The molecule has 0 saturated carbocycles. The SMILES string of the molecule is CCOC(=O)C1(C(=O)c2ccccc2)CN1C(=O)OC(C)(C)C. The fourth-order valence-corrected chi connectivity index (χ4v) is 2.27. The Kier molecular flexibility index (Phi) is 4.45. The van der Waals surface area contributed by atoms with Crippen molar-refractivity contribution in [3.05, 3.63) is 35.9 Å². The highest BCUT2D eigenvalue weighted by Gasteiger charge is 2.68. The van der Waals surface area contributed by atoms with E-state index < -0.39 is 29.0 Å². The smallest absolute Gasteiger partial charge is 0.411 e. The van der Waals surface area contributed by atoms with Crippen molar-refractivity contribution in [2.45, 2.75) is 38.8 Å². The summed E-state index contributed by atoms with van der Waals surface area (Å²) in [6.07, 6.45) is -0.699. The minimum absolute atomic E-state index is 0.0333. The molecular weight excluding hydrogens is 298 g/mol. The van der Waals surface area contributed by atoms with Crippen molar-refractivity contribution < 1.29 is 23.9 Å². The van der Waals surface area contributed by atoms with Crippen LogP contribution in [0, 0.1) is 0 Å². The van der Waals surface area contributed by atoms with Gasteiger partial charge in [0, 0.05) is 5.56 Å². The van der Waals surface area contributed by atoms with Crippen LogP contribution in [-0.2, 0) is 14.3 Å². The van der Waals surface area contributed by atoms with Crippen LogP contribution in [0.1, 0.15) is 38.1 Å². The highest BCUT2D eigenvalue weighted by Crippen LogP contribution is 2.38. The number of carbonyl (C=O) groups is 3. The van der Waals surface area contributed by atoms with Crippen LogP contribution in [-0.4, -0.2) is 47.0 Å². The van der Waals surface area contributed by atoms with Gasteiger partial charge in [-0.2, -0.15) is 0 Å². The van der Waals surface area contributed by atoms with E-state index in [0.29, 0.717) is 5.56 Å². The Morgan fingerprint density at radius 3 is 2.30 bits per heavy atom. The van der Waals surface area contributed by atoms with Crippen LogP contribution in [0.5, 0.6) is 0 Å². The number of nitrogens with zero attached hydrogens (tertiary/aromatic N) is 1. The molecule has 1 aromatic rings. The van der Waals surface area contributed by atoms with E-state index in [1.807, 2.05) is 0 Å². The Morgan fingerprint density at radius 2 is 1.78 bits per heavy atom. The first-order chi connectivity index (χ1) is 10.7. The molecule has 124 valence electrons. The zero-order valence-electron chi connectivity index (χ0n) is 13.8. The molecule has 1 fully saturated rings. The highest BCUT2D eigenvalue weighted by atomic mass is 16.6. The minimum atomic E-state index is -1.61.